The Labute approximate surface area is 101 Å². The largest absolute Gasteiger partial charge is 0.320 e. The van der Waals surface area contributed by atoms with Crippen molar-refractivity contribution < 1.29 is 0 Å². The fourth-order valence-corrected chi connectivity index (χ4v) is 2.09. The molecule has 2 rings (SSSR count). The van der Waals surface area contributed by atoms with E-state index in [-0.39, 0.29) is 0 Å². The van der Waals surface area contributed by atoms with Crippen LogP contribution in [0.4, 0.5) is 0 Å². The second-order valence-electron chi connectivity index (χ2n) is 3.83. The summed E-state index contributed by atoms with van der Waals surface area (Å²) >= 11 is 6.07. The van der Waals surface area contributed by atoms with Gasteiger partial charge in [-0.1, -0.05) is 35.9 Å². The van der Waals surface area contributed by atoms with Gasteiger partial charge in [0.2, 0.25) is 0 Å². The van der Waals surface area contributed by atoms with E-state index in [0.29, 0.717) is 5.15 Å². The van der Waals surface area contributed by atoms with Crippen LogP contribution in [0.3, 0.4) is 0 Å². The average Bonchev–Trinajstić information content (AvgIpc) is 2.33. The number of pyridine rings is 1. The first-order valence-corrected chi connectivity index (χ1v) is 5.87. The first-order valence-electron chi connectivity index (χ1n) is 5.49. The van der Waals surface area contributed by atoms with Crippen LogP contribution in [0.25, 0.3) is 10.8 Å². The van der Waals surface area contributed by atoms with E-state index in [1.807, 2.05) is 31.4 Å². The van der Waals surface area contributed by atoms with Gasteiger partial charge in [-0.25, -0.2) is 4.98 Å². The Bertz CT molecular complexity index is 482. The smallest absolute Gasteiger partial charge is 0.136 e. The van der Waals surface area contributed by atoms with Gasteiger partial charge >= 0.3 is 0 Å². The molecule has 0 saturated heterocycles. The van der Waals surface area contributed by atoms with E-state index >= 15 is 0 Å². The average molecular weight is 235 g/mol. The highest BCUT2D eigenvalue weighted by Gasteiger charge is 2.04. The predicted octanol–water partition coefficient (Wildman–Crippen LogP) is 3.04. The molecule has 0 aliphatic heterocycles. The number of hydrogen-bond donors (Lipinski definition) is 1. The normalized spacial score (nSPS) is 10.9. The van der Waals surface area contributed by atoms with Crippen LogP contribution in [0.2, 0.25) is 5.15 Å². The third-order valence-electron chi connectivity index (χ3n) is 2.70. The molecule has 0 aliphatic rings. The summed E-state index contributed by atoms with van der Waals surface area (Å²) in [6.07, 6.45) is 4.04. The number of aromatic nitrogens is 1. The summed E-state index contributed by atoms with van der Waals surface area (Å²) in [4.78, 5) is 4.23. The molecule has 1 aromatic heterocycles. The molecule has 0 bridgehead atoms. The molecule has 0 fully saturated rings. The number of halogens is 1. The van der Waals surface area contributed by atoms with Crippen LogP contribution in [0.5, 0.6) is 0 Å². The van der Waals surface area contributed by atoms with Gasteiger partial charge in [0.15, 0.2) is 0 Å². The Morgan fingerprint density at radius 2 is 2.00 bits per heavy atom. The molecule has 0 radical (unpaired) electrons. The minimum Gasteiger partial charge on any atom is -0.320 e. The van der Waals surface area contributed by atoms with Crippen LogP contribution in [-0.4, -0.2) is 18.6 Å². The Morgan fingerprint density at radius 1 is 1.25 bits per heavy atom. The SMILES string of the molecule is CNCCCc1cnc(Cl)c2ccccc12. The lowest BCUT2D eigenvalue weighted by Crippen LogP contribution is -2.08. The zero-order valence-corrected chi connectivity index (χ0v) is 10.1. The number of aryl methyl sites for hydroxylation is 1. The van der Waals surface area contributed by atoms with Crippen LogP contribution in [0, 0.1) is 0 Å². The van der Waals surface area contributed by atoms with E-state index in [1.54, 1.807) is 0 Å². The molecule has 0 unspecified atom stereocenters. The summed E-state index contributed by atoms with van der Waals surface area (Å²) in [6, 6.07) is 8.16. The van der Waals surface area contributed by atoms with Gasteiger partial charge in [0.25, 0.3) is 0 Å². The third kappa shape index (κ3) is 2.34. The molecular formula is C13H15ClN2. The molecule has 2 aromatic rings. The Balaban J connectivity index is 2.35. The summed E-state index contributed by atoms with van der Waals surface area (Å²) in [6.45, 7) is 1.02. The lowest BCUT2D eigenvalue weighted by Gasteiger charge is -2.07. The minimum absolute atomic E-state index is 0.591. The topological polar surface area (TPSA) is 24.9 Å². The predicted molar refractivity (Wildman–Crippen MR) is 69.0 cm³/mol. The zero-order valence-electron chi connectivity index (χ0n) is 9.33. The standard InChI is InChI=1S/C13H15ClN2/c1-15-8-4-5-10-9-16-13(14)12-7-3-2-6-11(10)12/h2-3,6-7,9,15H,4-5,8H2,1H3. The van der Waals surface area contributed by atoms with Gasteiger partial charge < -0.3 is 5.32 Å². The molecule has 84 valence electrons. The number of nitrogens with one attached hydrogen (secondary N) is 1. The Kier molecular flexibility index (Phi) is 3.75. The van der Waals surface area contributed by atoms with Crippen LogP contribution in [0.1, 0.15) is 12.0 Å². The van der Waals surface area contributed by atoms with E-state index in [0.717, 1.165) is 24.8 Å². The van der Waals surface area contributed by atoms with Gasteiger partial charge in [-0.05, 0) is 37.4 Å². The van der Waals surface area contributed by atoms with Crippen LogP contribution >= 0.6 is 11.6 Å². The van der Waals surface area contributed by atoms with Gasteiger partial charge in [0.05, 0.1) is 0 Å². The van der Waals surface area contributed by atoms with Crippen molar-refractivity contribution in [2.75, 3.05) is 13.6 Å². The third-order valence-corrected chi connectivity index (χ3v) is 3.00. The van der Waals surface area contributed by atoms with Gasteiger partial charge in [-0.2, -0.15) is 0 Å². The van der Waals surface area contributed by atoms with E-state index in [2.05, 4.69) is 16.4 Å². The minimum atomic E-state index is 0.591. The van der Waals surface area contributed by atoms with Gasteiger partial charge in [0.1, 0.15) is 5.15 Å². The second kappa shape index (κ2) is 5.28. The zero-order chi connectivity index (χ0) is 11.4. The van der Waals surface area contributed by atoms with Crippen LogP contribution < -0.4 is 5.32 Å². The van der Waals surface area contributed by atoms with Crippen LogP contribution in [0.15, 0.2) is 30.5 Å². The van der Waals surface area contributed by atoms with E-state index in [9.17, 15) is 0 Å². The maximum absolute atomic E-state index is 6.07. The van der Waals surface area contributed by atoms with Crippen molar-refractivity contribution in [3.63, 3.8) is 0 Å². The molecule has 3 heteroatoms. The van der Waals surface area contributed by atoms with Crippen molar-refractivity contribution in [2.45, 2.75) is 12.8 Å². The molecular weight excluding hydrogens is 220 g/mol. The van der Waals surface area contributed by atoms with Crippen molar-refractivity contribution in [1.82, 2.24) is 10.3 Å². The first kappa shape index (κ1) is 11.4. The first-order chi connectivity index (χ1) is 7.83. The molecule has 1 N–H and O–H groups in total. The fraction of sp³-hybridized carbons (Fsp3) is 0.308. The Hall–Kier alpha value is -1.12. The van der Waals surface area contributed by atoms with E-state index < -0.39 is 0 Å². The quantitative estimate of drug-likeness (QED) is 0.650. The molecule has 16 heavy (non-hydrogen) atoms. The van der Waals surface area contributed by atoms with Gasteiger partial charge in [-0.15, -0.1) is 0 Å². The molecule has 0 saturated carbocycles. The summed E-state index contributed by atoms with van der Waals surface area (Å²) in [5.74, 6) is 0. The lowest BCUT2D eigenvalue weighted by molar-refractivity contribution is 0.725. The molecule has 2 nitrogen and oxygen atoms in total. The summed E-state index contributed by atoms with van der Waals surface area (Å²) in [5, 5.41) is 6.01. The number of rotatable bonds is 4. The van der Waals surface area contributed by atoms with Crippen molar-refractivity contribution in [3.8, 4) is 0 Å². The Morgan fingerprint density at radius 3 is 2.75 bits per heavy atom. The molecule has 1 heterocycles. The second-order valence-corrected chi connectivity index (χ2v) is 4.18. The van der Waals surface area contributed by atoms with Gasteiger partial charge in [-0.3, -0.25) is 0 Å². The van der Waals surface area contributed by atoms with Crippen molar-refractivity contribution in [2.24, 2.45) is 0 Å². The number of benzene rings is 1. The van der Waals surface area contributed by atoms with E-state index in [1.165, 1.54) is 10.9 Å². The summed E-state index contributed by atoms with van der Waals surface area (Å²) in [5.41, 5.74) is 1.27. The summed E-state index contributed by atoms with van der Waals surface area (Å²) < 4.78 is 0. The van der Waals surface area contributed by atoms with Crippen molar-refractivity contribution >= 4 is 22.4 Å². The van der Waals surface area contributed by atoms with Crippen LogP contribution in [-0.2, 0) is 6.42 Å². The highest BCUT2D eigenvalue weighted by Crippen LogP contribution is 2.24. The number of hydrogen-bond acceptors (Lipinski definition) is 2. The fourth-order valence-electron chi connectivity index (χ4n) is 1.87. The molecule has 1 aromatic carbocycles. The molecule has 0 spiro atoms. The molecule has 0 amide bonds. The summed E-state index contributed by atoms with van der Waals surface area (Å²) in [7, 11) is 1.97. The molecule has 0 atom stereocenters. The maximum Gasteiger partial charge on any atom is 0.136 e. The highest BCUT2D eigenvalue weighted by atomic mass is 35.5. The molecule has 0 aliphatic carbocycles. The lowest BCUT2D eigenvalue weighted by atomic mass is 10.0. The number of nitrogens with zero attached hydrogens (tertiary/aromatic N) is 1. The van der Waals surface area contributed by atoms with E-state index in [4.69, 9.17) is 11.6 Å². The van der Waals surface area contributed by atoms with Crippen molar-refractivity contribution in [1.29, 1.82) is 0 Å². The van der Waals surface area contributed by atoms with Crippen molar-refractivity contribution in [3.05, 3.63) is 41.2 Å². The highest BCUT2D eigenvalue weighted by molar-refractivity contribution is 6.34. The number of fused-ring (bicyclic) bond motifs is 1. The van der Waals surface area contributed by atoms with Gasteiger partial charge in [0, 0.05) is 11.6 Å². The maximum atomic E-state index is 6.07. The monoisotopic (exact) mass is 234 g/mol.